The first-order chi connectivity index (χ1) is 19.5. The van der Waals surface area contributed by atoms with Crippen LogP contribution in [0.2, 0.25) is 0 Å². The second kappa shape index (κ2) is 22.9. The van der Waals surface area contributed by atoms with Crippen molar-refractivity contribution in [1.29, 1.82) is 0 Å². The zero-order chi connectivity index (χ0) is 29.6. The Morgan fingerprint density at radius 3 is 1.00 bits per heavy atom. The zero-order valence-electron chi connectivity index (χ0n) is 25.4. The van der Waals surface area contributed by atoms with Crippen LogP contribution in [0.3, 0.4) is 0 Å². The Balaban J connectivity index is 0.000000530. The summed E-state index contributed by atoms with van der Waals surface area (Å²) in [6.45, 7) is 4.36. The summed E-state index contributed by atoms with van der Waals surface area (Å²) in [5.74, 6) is 1.88. The third-order valence-corrected chi connectivity index (χ3v) is 5.78. The number of benzene rings is 5. The lowest BCUT2D eigenvalue weighted by Gasteiger charge is -2.03. The van der Waals surface area contributed by atoms with Gasteiger partial charge in [-0.1, -0.05) is 118 Å². The molecule has 4 heteroatoms. The van der Waals surface area contributed by atoms with Gasteiger partial charge < -0.3 is 18.9 Å². The molecular weight excluding hydrogens is 508 g/mol. The van der Waals surface area contributed by atoms with E-state index in [-0.39, 0.29) is 7.43 Å². The normalized spacial score (nSPS) is 9.17. The maximum absolute atomic E-state index is 5.23. The molecule has 0 saturated carbocycles. The highest BCUT2D eigenvalue weighted by molar-refractivity contribution is 5.88. The molecule has 0 saturated heterocycles. The fraction of sp³-hybridized carbons (Fsp3) is 0.297. The highest BCUT2D eigenvalue weighted by Crippen LogP contribution is 2.25. The number of methoxy groups -OCH3 is 4. The first-order valence-electron chi connectivity index (χ1n) is 13.4. The highest BCUT2D eigenvalue weighted by atomic mass is 16.5. The van der Waals surface area contributed by atoms with Gasteiger partial charge in [0, 0.05) is 39.2 Å². The second-order valence-corrected chi connectivity index (χ2v) is 8.70. The van der Waals surface area contributed by atoms with E-state index >= 15 is 0 Å². The van der Waals surface area contributed by atoms with E-state index in [1.54, 1.807) is 42.7 Å². The average Bonchev–Trinajstić information content (AvgIpc) is 3.02. The van der Waals surface area contributed by atoms with Crippen LogP contribution in [0.5, 0.6) is 11.5 Å². The highest BCUT2D eigenvalue weighted by Gasteiger charge is 1.98. The maximum Gasteiger partial charge on any atom is 0.126 e. The summed E-state index contributed by atoms with van der Waals surface area (Å²) in [7, 11) is 9.89. The topological polar surface area (TPSA) is 36.9 Å². The summed E-state index contributed by atoms with van der Waals surface area (Å²) in [5, 5.41) is 4.78. The van der Waals surface area contributed by atoms with Gasteiger partial charge in [-0.25, -0.2) is 0 Å². The SMILES string of the molecule is C.CCc1ccc(CC)cc1.COC.COC.COc1cccc2ccccc12.COc1cccc2ccccc12. The Kier molecular flexibility index (Phi) is 20.7. The number of aryl methyl sites for hydroxylation is 2. The van der Waals surface area contributed by atoms with Gasteiger partial charge in [-0.2, -0.15) is 0 Å². The Hall–Kier alpha value is -3.86. The van der Waals surface area contributed by atoms with Crippen LogP contribution in [0.1, 0.15) is 32.4 Å². The van der Waals surface area contributed by atoms with Crippen molar-refractivity contribution in [2.24, 2.45) is 0 Å². The molecule has 0 aliphatic rings. The van der Waals surface area contributed by atoms with Crippen LogP contribution in [0, 0.1) is 0 Å². The van der Waals surface area contributed by atoms with Crippen LogP contribution >= 0.6 is 0 Å². The standard InChI is InChI=1S/2C11H10O.C10H14.2C2H6O.CH4/c2*1-12-11-8-4-6-9-5-2-3-7-10(9)11;1-3-9-5-7-10(4-2)8-6-9;2*1-3-2;/h2*2-8H,1H3;5-8H,3-4H2,1-2H3;2*1-2H3;1H4. The molecule has 0 heterocycles. The molecule has 0 aromatic heterocycles. The number of rotatable bonds is 4. The van der Waals surface area contributed by atoms with Gasteiger partial charge >= 0.3 is 0 Å². The molecule has 0 radical (unpaired) electrons. The van der Waals surface area contributed by atoms with Crippen molar-refractivity contribution in [2.45, 2.75) is 34.1 Å². The molecule has 5 aromatic carbocycles. The van der Waals surface area contributed by atoms with Gasteiger partial charge in [0.2, 0.25) is 0 Å². The minimum Gasteiger partial charge on any atom is -0.496 e. The van der Waals surface area contributed by atoms with Gasteiger partial charge in [-0.3, -0.25) is 0 Å². The fourth-order valence-corrected chi connectivity index (χ4v) is 3.76. The lowest BCUT2D eigenvalue weighted by molar-refractivity contribution is 0.277. The van der Waals surface area contributed by atoms with Crippen molar-refractivity contribution in [1.82, 2.24) is 0 Å². The van der Waals surface area contributed by atoms with Crippen LogP contribution in [0.4, 0.5) is 0 Å². The first kappa shape index (κ1) is 37.1. The molecule has 0 fully saturated rings. The van der Waals surface area contributed by atoms with Crippen molar-refractivity contribution in [3.63, 3.8) is 0 Å². The Morgan fingerprint density at radius 2 is 0.707 bits per heavy atom. The molecule has 0 atom stereocenters. The predicted octanol–water partition coefficient (Wildman–Crippen LogP) is 9.67. The van der Waals surface area contributed by atoms with Crippen LogP contribution in [0.25, 0.3) is 21.5 Å². The van der Waals surface area contributed by atoms with Crippen molar-refractivity contribution in [3.8, 4) is 11.5 Å². The molecular formula is C37H50O4. The summed E-state index contributed by atoms with van der Waals surface area (Å²) in [4.78, 5) is 0. The molecule has 222 valence electrons. The molecule has 0 bridgehead atoms. The minimum absolute atomic E-state index is 0. The second-order valence-electron chi connectivity index (χ2n) is 8.70. The summed E-state index contributed by atoms with van der Waals surface area (Å²) in [6, 6.07) is 37.3. The van der Waals surface area contributed by atoms with E-state index < -0.39 is 0 Å². The number of ether oxygens (including phenoxy) is 4. The van der Waals surface area contributed by atoms with E-state index in [4.69, 9.17) is 9.47 Å². The predicted molar refractivity (Wildman–Crippen MR) is 179 cm³/mol. The summed E-state index contributed by atoms with van der Waals surface area (Å²) >= 11 is 0. The van der Waals surface area contributed by atoms with E-state index in [0.717, 1.165) is 24.3 Å². The Bertz CT molecular complexity index is 1220. The third-order valence-electron chi connectivity index (χ3n) is 5.78. The monoisotopic (exact) mass is 558 g/mol. The van der Waals surface area contributed by atoms with Crippen molar-refractivity contribution in [2.75, 3.05) is 42.7 Å². The molecule has 41 heavy (non-hydrogen) atoms. The van der Waals surface area contributed by atoms with Crippen molar-refractivity contribution in [3.05, 3.63) is 120 Å². The lowest BCUT2D eigenvalue weighted by Crippen LogP contribution is -1.83. The zero-order valence-corrected chi connectivity index (χ0v) is 25.4. The lowest BCUT2D eigenvalue weighted by atomic mass is 10.1. The molecule has 0 unspecified atom stereocenters. The number of hydrogen-bond donors (Lipinski definition) is 0. The molecule has 0 aliphatic heterocycles. The Morgan fingerprint density at radius 1 is 0.415 bits per heavy atom. The largest absolute Gasteiger partial charge is 0.496 e. The molecule has 0 aliphatic carbocycles. The Labute approximate surface area is 248 Å². The van der Waals surface area contributed by atoms with Crippen LogP contribution < -0.4 is 9.47 Å². The smallest absolute Gasteiger partial charge is 0.126 e. The van der Waals surface area contributed by atoms with Gasteiger partial charge in [0.1, 0.15) is 11.5 Å². The number of fused-ring (bicyclic) bond motifs is 2. The third kappa shape index (κ3) is 13.4. The molecule has 0 N–H and O–H groups in total. The summed E-state index contributed by atoms with van der Waals surface area (Å²) < 4.78 is 19.0. The van der Waals surface area contributed by atoms with Crippen molar-refractivity contribution >= 4 is 21.5 Å². The van der Waals surface area contributed by atoms with Crippen LogP contribution in [-0.4, -0.2) is 42.7 Å². The molecule has 5 aromatic rings. The van der Waals surface area contributed by atoms with Gasteiger partial charge in [0.15, 0.2) is 0 Å². The quantitative estimate of drug-likeness (QED) is 0.220. The van der Waals surface area contributed by atoms with Crippen molar-refractivity contribution < 1.29 is 18.9 Å². The molecule has 4 nitrogen and oxygen atoms in total. The average molecular weight is 559 g/mol. The molecule has 5 rings (SSSR count). The summed E-state index contributed by atoms with van der Waals surface area (Å²) in [6.07, 6.45) is 2.29. The van der Waals surface area contributed by atoms with Gasteiger partial charge in [0.05, 0.1) is 14.2 Å². The molecule has 0 spiro atoms. The fourth-order valence-electron chi connectivity index (χ4n) is 3.76. The number of hydrogen-bond acceptors (Lipinski definition) is 4. The molecule has 0 amide bonds. The van der Waals surface area contributed by atoms with Crippen LogP contribution in [0.15, 0.2) is 109 Å². The van der Waals surface area contributed by atoms with E-state index in [0.29, 0.717) is 0 Å². The van der Waals surface area contributed by atoms with E-state index in [1.165, 1.54) is 32.7 Å². The van der Waals surface area contributed by atoms with E-state index in [9.17, 15) is 0 Å². The van der Waals surface area contributed by atoms with Crippen LogP contribution in [-0.2, 0) is 22.3 Å². The van der Waals surface area contributed by atoms with E-state index in [2.05, 4.69) is 84.0 Å². The van der Waals surface area contributed by atoms with E-state index in [1.807, 2.05) is 48.5 Å². The first-order valence-corrected chi connectivity index (χ1v) is 13.4. The van der Waals surface area contributed by atoms with Gasteiger partial charge in [-0.15, -0.1) is 0 Å². The maximum atomic E-state index is 5.23. The van der Waals surface area contributed by atoms with Gasteiger partial charge in [-0.05, 0) is 46.9 Å². The summed E-state index contributed by atoms with van der Waals surface area (Å²) in [5.41, 5.74) is 2.86. The minimum atomic E-state index is 0. The van der Waals surface area contributed by atoms with Gasteiger partial charge in [0.25, 0.3) is 0 Å².